The van der Waals surface area contributed by atoms with Gasteiger partial charge in [0.15, 0.2) is 5.58 Å². The summed E-state index contributed by atoms with van der Waals surface area (Å²) in [7, 11) is 0. The van der Waals surface area contributed by atoms with E-state index in [0.717, 1.165) is 5.69 Å². The minimum Gasteiger partial charge on any atom is -0.455 e. The third-order valence-electron chi connectivity index (χ3n) is 5.48. The van der Waals surface area contributed by atoms with Gasteiger partial charge in [0.05, 0.1) is 5.69 Å². The molecule has 0 aliphatic carbocycles. The summed E-state index contributed by atoms with van der Waals surface area (Å²) in [5, 5.41) is 1.22. The molecule has 5 heteroatoms. The van der Waals surface area contributed by atoms with Crippen LogP contribution in [0.5, 0.6) is 0 Å². The molecule has 158 valence electrons. The summed E-state index contributed by atoms with van der Waals surface area (Å²) in [6.45, 7) is 10.0. The minimum absolute atomic E-state index is 0.162. The fourth-order valence-electron chi connectivity index (χ4n) is 3.74. The topological polar surface area (TPSA) is 65.0 Å². The van der Waals surface area contributed by atoms with Crippen LogP contribution in [-0.2, 0) is 10.8 Å². The van der Waals surface area contributed by atoms with Gasteiger partial charge in [-0.25, -0.2) is 15.0 Å². The summed E-state index contributed by atoms with van der Waals surface area (Å²) < 4.78 is 36.8. The van der Waals surface area contributed by atoms with Gasteiger partial charge in [0, 0.05) is 43.0 Å². The molecule has 0 unspecified atom stereocenters. The lowest BCUT2D eigenvalue weighted by Gasteiger charge is -2.17. The van der Waals surface area contributed by atoms with Crippen LogP contribution in [0.4, 0.5) is 0 Å². The summed E-state index contributed by atoms with van der Waals surface area (Å²) >= 11 is 0. The van der Waals surface area contributed by atoms with E-state index in [4.69, 9.17) is 12.9 Å². The number of aromatic nitrogens is 3. The molecule has 0 fully saturated rings. The van der Waals surface area contributed by atoms with Crippen molar-refractivity contribution in [2.24, 2.45) is 0 Å². The van der Waals surface area contributed by atoms with Gasteiger partial charge in [0.1, 0.15) is 23.0 Å². The second-order valence-electron chi connectivity index (χ2n) is 10.1. The van der Waals surface area contributed by atoms with Crippen molar-refractivity contribution in [1.82, 2.24) is 15.0 Å². The maximum Gasteiger partial charge on any atom is 0.200 e. The SMILES string of the molecule is [2H]C([2H])([2H])c1ccc(-c2cc(C(C)(C)C)ncn2)c2oc3cc4nc(C(C)(C)C)oc4cc3c12. The lowest BCUT2D eigenvalue weighted by molar-refractivity contribution is 0.411. The number of hydrogen-bond donors (Lipinski definition) is 0. The molecule has 0 saturated heterocycles. The highest BCUT2D eigenvalue weighted by Gasteiger charge is 2.23. The van der Waals surface area contributed by atoms with E-state index in [1.807, 2.05) is 39.0 Å². The highest BCUT2D eigenvalue weighted by molar-refractivity contribution is 6.13. The Balaban J connectivity index is 1.84. The first-order chi connectivity index (χ1) is 15.7. The van der Waals surface area contributed by atoms with Gasteiger partial charge in [0.2, 0.25) is 5.89 Å². The number of rotatable bonds is 1. The molecule has 5 nitrogen and oxygen atoms in total. The van der Waals surface area contributed by atoms with Gasteiger partial charge in [-0.3, -0.25) is 0 Å². The summed E-state index contributed by atoms with van der Waals surface area (Å²) in [6.07, 6.45) is 1.53. The van der Waals surface area contributed by atoms with Gasteiger partial charge in [-0.15, -0.1) is 0 Å². The predicted octanol–water partition coefficient (Wildman–Crippen LogP) is 7.09. The maximum atomic E-state index is 8.14. The molecule has 0 N–H and O–H groups in total. The number of hydrogen-bond acceptors (Lipinski definition) is 5. The molecule has 5 rings (SSSR count). The average Bonchev–Trinajstić information content (AvgIpc) is 3.31. The molecule has 0 atom stereocenters. The lowest BCUT2D eigenvalue weighted by atomic mass is 9.91. The molecule has 0 saturated carbocycles. The molecular weight excluding hydrogens is 386 g/mol. The zero-order valence-corrected chi connectivity index (χ0v) is 18.6. The maximum absolute atomic E-state index is 8.14. The van der Waals surface area contributed by atoms with E-state index in [1.54, 1.807) is 12.1 Å². The number of oxazole rings is 1. The Labute approximate surface area is 185 Å². The third-order valence-corrected chi connectivity index (χ3v) is 5.48. The van der Waals surface area contributed by atoms with Gasteiger partial charge in [-0.2, -0.15) is 0 Å². The van der Waals surface area contributed by atoms with E-state index in [1.165, 1.54) is 6.33 Å². The van der Waals surface area contributed by atoms with Gasteiger partial charge in [-0.05, 0) is 30.6 Å². The van der Waals surface area contributed by atoms with E-state index in [-0.39, 0.29) is 16.4 Å². The minimum atomic E-state index is -2.32. The van der Waals surface area contributed by atoms with E-state index < -0.39 is 6.85 Å². The van der Waals surface area contributed by atoms with Crippen LogP contribution in [0.25, 0.3) is 44.3 Å². The Morgan fingerprint density at radius 1 is 0.871 bits per heavy atom. The average molecular weight is 417 g/mol. The molecule has 0 bridgehead atoms. The largest absolute Gasteiger partial charge is 0.455 e. The quantitative estimate of drug-likeness (QED) is 0.292. The highest BCUT2D eigenvalue weighted by Crippen LogP contribution is 2.40. The Bertz CT molecular complexity index is 1560. The fourth-order valence-corrected chi connectivity index (χ4v) is 3.74. The van der Waals surface area contributed by atoms with Crippen LogP contribution in [0, 0.1) is 6.85 Å². The third kappa shape index (κ3) is 3.19. The van der Waals surface area contributed by atoms with Crippen LogP contribution < -0.4 is 0 Å². The first-order valence-electron chi connectivity index (χ1n) is 11.9. The van der Waals surface area contributed by atoms with Crippen molar-refractivity contribution >= 4 is 33.0 Å². The molecule has 2 aromatic carbocycles. The van der Waals surface area contributed by atoms with Crippen LogP contribution in [0.1, 0.15) is 62.8 Å². The van der Waals surface area contributed by atoms with Crippen molar-refractivity contribution in [2.75, 3.05) is 0 Å². The molecular formula is C26H27N3O2. The van der Waals surface area contributed by atoms with Crippen LogP contribution >= 0.6 is 0 Å². The van der Waals surface area contributed by atoms with E-state index in [9.17, 15) is 0 Å². The van der Waals surface area contributed by atoms with Crippen LogP contribution in [0.15, 0.2) is 45.5 Å². The monoisotopic (exact) mass is 416 g/mol. The Kier molecular flexibility index (Phi) is 3.40. The summed E-state index contributed by atoms with van der Waals surface area (Å²) in [6, 6.07) is 8.99. The number of furan rings is 1. The Morgan fingerprint density at radius 2 is 1.68 bits per heavy atom. The van der Waals surface area contributed by atoms with Crippen molar-refractivity contribution < 1.29 is 12.9 Å². The molecule has 0 radical (unpaired) electrons. The van der Waals surface area contributed by atoms with Gasteiger partial charge < -0.3 is 8.83 Å². The van der Waals surface area contributed by atoms with E-state index in [2.05, 4.69) is 35.7 Å². The van der Waals surface area contributed by atoms with E-state index >= 15 is 0 Å². The predicted molar refractivity (Wildman–Crippen MR) is 124 cm³/mol. The van der Waals surface area contributed by atoms with Crippen molar-refractivity contribution in [3.63, 3.8) is 0 Å². The zero-order chi connectivity index (χ0) is 24.6. The van der Waals surface area contributed by atoms with Gasteiger partial charge in [-0.1, -0.05) is 47.6 Å². The fraction of sp³-hybridized carbons (Fsp3) is 0.346. The molecule has 0 aliphatic rings. The second-order valence-corrected chi connectivity index (χ2v) is 10.1. The molecule has 0 amide bonds. The van der Waals surface area contributed by atoms with Gasteiger partial charge >= 0.3 is 0 Å². The Hall–Kier alpha value is -3.21. The van der Waals surface area contributed by atoms with Crippen molar-refractivity contribution in [2.45, 2.75) is 59.2 Å². The van der Waals surface area contributed by atoms with Crippen LogP contribution in [0.2, 0.25) is 0 Å². The van der Waals surface area contributed by atoms with Crippen molar-refractivity contribution in [3.8, 4) is 11.3 Å². The van der Waals surface area contributed by atoms with Crippen LogP contribution in [0.3, 0.4) is 0 Å². The summed E-state index contributed by atoms with van der Waals surface area (Å²) in [5.74, 6) is 0.617. The first kappa shape index (κ1) is 16.5. The first-order valence-corrected chi connectivity index (χ1v) is 10.4. The smallest absolute Gasteiger partial charge is 0.200 e. The number of fused-ring (bicyclic) bond motifs is 4. The summed E-state index contributed by atoms with van der Waals surface area (Å²) in [5.41, 5.74) is 4.39. The number of benzene rings is 2. The standard InChI is InChI=1S/C26H27N3O2/c1-14-8-9-15(17-12-21(25(2,3)4)28-13-27-17)23-22(14)16-10-20-18(11-19(16)30-23)29-24(31-20)26(5,6)7/h8-13H,1-7H3/i1D3. The van der Waals surface area contributed by atoms with Gasteiger partial charge in [0.25, 0.3) is 0 Å². The number of aryl methyl sites for hydroxylation is 1. The molecule has 0 aliphatic heterocycles. The van der Waals surface area contributed by atoms with Crippen LogP contribution in [-0.4, -0.2) is 15.0 Å². The molecule has 31 heavy (non-hydrogen) atoms. The number of nitrogens with zero attached hydrogens (tertiary/aromatic N) is 3. The normalized spacial score (nSPS) is 14.8. The molecule has 3 aromatic heterocycles. The zero-order valence-electron chi connectivity index (χ0n) is 21.6. The van der Waals surface area contributed by atoms with E-state index in [0.29, 0.717) is 50.2 Å². The summed E-state index contributed by atoms with van der Waals surface area (Å²) in [4.78, 5) is 13.5. The lowest BCUT2D eigenvalue weighted by Crippen LogP contribution is -2.13. The molecule has 3 heterocycles. The second kappa shape index (κ2) is 6.39. The molecule has 5 aromatic rings. The Morgan fingerprint density at radius 3 is 2.39 bits per heavy atom. The van der Waals surface area contributed by atoms with Crippen molar-refractivity contribution in [3.05, 3.63) is 53.8 Å². The highest BCUT2D eigenvalue weighted by atomic mass is 16.4. The van der Waals surface area contributed by atoms with Crippen molar-refractivity contribution in [1.29, 1.82) is 0 Å². The molecule has 0 spiro atoms.